The molecule has 0 spiro atoms. The Balaban J connectivity index is 1.13. The highest BCUT2D eigenvalue weighted by Crippen LogP contribution is 2.53. The lowest BCUT2D eigenvalue weighted by atomic mass is 9.91. The van der Waals surface area contributed by atoms with E-state index in [1.165, 1.54) is 17.7 Å². The van der Waals surface area contributed by atoms with Gasteiger partial charge in [-0.05, 0) is 67.6 Å². The van der Waals surface area contributed by atoms with Crippen LogP contribution in [0.4, 0.5) is 4.39 Å². The van der Waals surface area contributed by atoms with Crippen LogP contribution >= 0.6 is 0 Å². The van der Waals surface area contributed by atoms with Gasteiger partial charge < -0.3 is 15.0 Å². The van der Waals surface area contributed by atoms with E-state index in [0.29, 0.717) is 30.0 Å². The number of ether oxygens (including phenoxy) is 1. The van der Waals surface area contributed by atoms with Crippen LogP contribution in [0.25, 0.3) is 27.8 Å². The molecule has 1 N–H and O–H groups in total. The van der Waals surface area contributed by atoms with E-state index in [9.17, 15) is 9.59 Å². The van der Waals surface area contributed by atoms with Gasteiger partial charge in [-0.3, -0.25) is 19.0 Å². The Morgan fingerprint density at radius 2 is 1.91 bits per heavy atom. The molecule has 2 fully saturated rings. The molecule has 1 saturated heterocycles. The lowest BCUT2D eigenvalue weighted by molar-refractivity contribution is -0.132. The number of halogens is 1. The summed E-state index contributed by atoms with van der Waals surface area (Å²) in [4.78, 5) is 40.9. The zero-order valence-electron chi connectivity index (χ0n) is 24.0. The van der Waals surface area contributed by atoms with Gasteiger partial charge in [0.05, 0.1) is 29.1 Å². The summed E-state index contributed by atoms with van der Waals surface area (Å²) >= 11 is 0. The molecule has 9 nitrogen and oxygen atoms in total. The third kappa shape index (κ3) is 4.81. The van der Waals surface area contributed by atoms with E-state index in [1.54, 1.807) is 37.4 Å². The number of aromatic nitrogens is 4. The SMILES string of the molecule is CO[C@@H]1CCN(C(=O)C(C)NC(=O)c2ccc(-c3cnc4ncc(C5(c6ccc7ncccc7c6)CC5)n4c3)cc2F)C1. The smallest absolute Gasteiger partial charge is 0.254 e. The van der Waals surface area contributed by atoms with E-state index < -0.39 is 17.8 Å². The van der Waals surface area contributed by atoms with Crippen molar-refractivity contribution in [1.29, 1.82) is 0 Å². The zero-order chi connectivity index (χ0) is 29.7. The number of rotatable bonds is 7. The summed E-state index contributed by atoms with van der Waals surface area (Å²) in [5.74, 6) is -0.963. The Bertz CT molecular complexity index is 1880. The molecule has 2 aromatic carbocycles. The molecule has 3 aromatic heterocycles. The van der Waals surface area contributed by atoms with Gasteiger partial charge >= 0.3 is 0 Å². The van der Waals surface area contributed by atoms with Crippen LogP contribution in [0.3, 0.4) is 0 Å². The van der Waals surface area contributed by atoms with Gasteiger partial charge in [-0.2, -0.15) is 0 Å². The maximum atomic E-state index is 15.3. The summed E-state index contributed by atoms with van der Waals surface area (Å²) in [6.07, 6.45) is 9.97. The Morgan fingerprint density at radius 1 is 1.07 bits per heavy atom. The molecule has 2 atom stereocenters. The topological polar surface area (TPSA) is 102 Å². The van der Waals surface area contributed by atoms with Gasteiger partial charge in [0, 0.05) is 55.2 Å². The number of imidazole rings is 1. The largest absolute Gasteiger partial charge is 0.380 e. The van der Waals surface area contributed by atoms with Crippen molar-refractivity contribution in [2.75, 3.05) is 20.2 Å². The highest BCUT2D eigenvalue weighted by Gasteiger charge is 2.48. The number of benzene rings is 2. The van der Waals surface area contributed by atoms with Gasteiger partial charge in [0.15, 0.2) is 0 Å². The molecule has 4 heterocycles. The first-order valence-electron chi connectivity index (χ1n) is 14.5. The Labute approximate surface area is 247 Å². The molecular formula is C33H31FN6O3. The molecule has 1 aliphatic carbocycles. The van der Waals surface area contributed by atoms with Crippen LogP contribution in [0.2, 0.25) is 0 Å². The highest BCUT2D eigenvalue weighted by atomic mass is 19.1. The molecular weight excluding hydrogens is 547 g/mol. The van der Waals surface area contributed by atoms with Crippen molar-refractivity contribution in [3.05, 3.63) is 96.0 Å². The van der Waals surface area contributed by atoms with Crippen LogP contribution in [0, 0.1) is 5.82 Å². The number of nitrogens with zero attached hydrogens (tertiary/aromatic N) is 5. The minimum absolute atomic E-state index is 0.00463. The molecule has 1 aliphatic heterocycles. The second-order valence-corrected chi connectivity index (χ2v) is 11.5. The zero-order valence-corrected chi connectivity index (χ0v) is 24.0. The molecule has 7 rings (SSSR count). The number of fused-ring (bicyclic) bond motifs is 2. The second-order valence-electron chi connectivity index (χ2n) is 11.5. The van der Waals surface area contributed by atoms with Gasteiger partial charge in [-0.25, -0.2) is 14.4 Å². The fourth-order valence-electron chi connectivity index (χ4n) is 6.18. The van der Waals surface area contributed by atoms with Crippen molar-refractivity contribution >= 4 is 28.5 Å². The number of amides is 2. The number of likely N-dealkylation sites (tertiary alicyclic amines) is 1. The molecule has 10 heteroatoms. The van der Waals surface area contributed by atoms with Crippen molar-refractivity contribution in [3.8, 4) is 11.1 Å². The number of pyridine rings is 1. The van der Waals surface area contributed by atoms with E-state index in [4.69, 9.17) is 4.74 Å². The van der Waals surface area contributed by atoms with Gasteiger partial charge in [-0.15, -0.1) is 0 Å². The maximum Gasteiger partial charge on any atom is 0.254 e. The van der Waals surface area contributed by atoms with E-state index in [2.05, 4.69) is 44.5 Å². The number of hydrogen-bond acceptors (Lipinski definition) is 6. The average molecular weight is 579 g/mol. The predicted octanol–water partition coefficient (Wildman–Crippen LogP) is 4.53. The van der Waals surface area contributed by atoms with Gasteiger partial charge in [0.1, 0.15) is 11.9 Å². The molecule has 5 aromatic rings. The molecule has 0 radical (unpaired) electrons. The average Bonchev–Trinajstić information content (AvgIpc) is 3.48. The number of carbonyl (C=O) groups excluding carboxylic acids is 2. The number of hydrogen-bond donors (Lipinski definition) is 1. The summed E-state index contributed by atoms with van der Waals surface area (Å²) in [5, 5.41) is 3.74. The van der Waals surface area contributed by atoms with Crippen LogP contribution in [0.15, 0.2) is 73.3 Å². The maximum absolute atomic E-state index is 15.3. The Kier molecular flexibility index (Phi) is 6.65. The first kappa shape index (κ1) is 27.2. The second kappa shape index (κ2) is 10.5. The number of nitrogens with one attached hydrogen (secondary N) is 1. The summed E-state index contributed by atoms with van der Waals surface area (Å²) in [7, 11) is 1.62. The van der Waals surface area contributed by atoms with Crippen LogP contribution in [0.5, 0.6) is 0 Å². The number of methoxy groups -OCH3 is 1. The molecule has 218 valence electrons. The fraction of sp³-hybridized carbons (Fsp3) is 0.303. The minimum Gasteiger partial charge on any atom is -0.380 e. The summed E-state index contributed by atoms with van der Waals surface area (Å²) in [6.45, 7) is 2.66. The number of carbonyl (C=O) groups is 2. The van der Waals surface area contributed by atoms with Crippen LogP contribution in [0.1, 0.15) is 47.8 Å². The van der Waals surface area contributed by atoms with Gasteiger partial charge in [0.25, 0.3) is 5.91 Å². The monoisotopic (exact) mass is 578 g/mol. The van der Waals surface area contributed by atoms with Crippen LogP contribution < -0.4 is 5.32 Å². The van der Waals surface area contributed by atoms with Crippen molar-refractivity contribution in [3.63, 3.8) is 0 Å². The fourth-order valence-corrected chi connectivity index (χ4v) is 6.18. The molecule has 43 heavy (non-hydrogen) atoms. The van der Waals surface area contributed by atoms with E-state index in [0.717, 1.165) is 35.9 Å². The summed E-state index contributed by atoms with van der Waals surface area (Å²) in [6, 6.07) is 14.1. The van der Waals surface area contributed by atoms with Crippen molar-refractivity contribution in [1.82, 2.24) is 29.6 Å². The molecule has 2 aliphatic rings. The van der Waals surface area contributed by atoms with Crippen molar-refractivity contribution in [2.45, 2.75) is 43.7 Å². The predicted molar refractivity (Wildman–Crippen MR) is 159 cm³/mol. The molecule has 1 saturated carbocycles. The van der Waals surface area contributed by atoms with E-state index >= 15 is 4.39 Å². The lowest BCUT2D eigenvalue weighted by Gasteiger charge is -2.21. The van der Waals surface area contributed by atoms with Crippen molar-refractivity contribution < 1.29 is 18.7 Å². The van der Waals surface area contributed by atoms with E-state index in [1.807, 2.05) is 22.9 Å². The standard InChI is InChI=1S/C33H31FN6O3/c1-20(31(42)39-13-9-25(19-39)43-2)38-30(41)26-7-5-21(15-27(26)34)23-16-36-32-37-17-29(40(32)18-23)33(10-11-33)24-6-8-28-22(14-24)4-3-12-35-28/h3-8,12,14-18,20,25H,9-11,13,19H2,1-2H3,(H,38,41)/t20?,25-/m1/s1. The van der Waals surface area contributed by atoms with E-state index in [-0.39, 0.29) is 23.0 Å². The summed E-state index contributed by atoms with van der Waals surface area (Å²) < 4.78 is 22.6. The highest BCUT2D eigenvalue weighted by molar-refractivity contribution is 5.98. The Morgan fingerprint density at radius 3 is 2.67 bits per heavy atom. The normalized spacial score (nSPS) is 18.2. The van der Waals surface area contributed by atoms with Crippen LogP contribution in [-0.4, -0.2) is 68.4 Å². The summed E-state index contributed by atoms with van der Waals surface area (Å²) in [5.41, 5.74) is 4.17. The quantitative estimate of drug-likeness (QED) is 0.305. The first-order valence-corrected chi connectivity index (χ1v) is 14.5. The lowest BCUT2D eigenvalue weighted by Crippen LogP contribution is -2.46. The Hall–Kier alpha value is -4.70. The van der Waals surface area contributed by atoms with Crippen LogP contribution in [-0.2, 0) is 14.9 Å². The van der Waals surface area contributed by atoms with Crippen molar-refractivity contribution in [2.24, 2.45) is 0 Å². The first-order chi connectivity index (χ1) is 20.9. The molecule has 2 amide bonds. The third-order valence-electron chi connectivity index (χ3n) is 8.82. The molecule has 1 unspecified atom stereocenters. The third-order valence-corrected chi connectivity index (χ3v) is 8.82. The molecule has 0 bridgehead atoms. The van der Waals surface area contributed by atoms with Gasteiger partial charge in [-0.1, -0.05) is 18.2 Å². The van der Waals surface area contributed by atoms with Gasteiger partial charge in [0.2, 0.25) is 11.7 Å². The minimum atomic E-state index is -0.790.